The van der Waals surface area contributed by atoms with E-state index in [0.29, 0.717) is 18.9 Å². The molecule has 5 rings (SSSR count). The highest BCUT2D eigenvalue weighted by Gasteiger charge is 2.48. The van der Waals surface area contributed by atoms with Gasteiger partial charge in [-0.3, -0.25) is 4.79 Å². The van der Waals surface area contributed by atoms with Crippen LogP contribution in [0.5, 0.6) is 0 Å². The molecular formula is C26H24FNO3. The number of rotatable bonds is 5. The van der Waals surface area contributed by atoms with Crippen LogP contribution in [0, 0.1) is 12.7 Å². The Morgan fingerprint density at radius 3 is 2.26 bits per heavy atom. The van der Waals surface area contributed by atoms with Gasteiger partial charge in [-0.15, -0.1) is 0 Å². The Balaban J connectivity index is 1.43. The molecule has 1 heterocycles. The van der Waals surface area contributed by atoms with E-state index in [1.54, 1.807) is 12.1 Å². The molecule has 0 aromatic heterocycles. The van der Waals surface area contributed by atoms with E-state index < -0.39 is 11.0 Å². The first-order valence-corrected chi connectivity index (χ1v) is 10.5. The second kappa shape index (κ2) is 7.29. The fourth-order valence-corrected chi connectivity index (χ4v) is 4.17. The summed E-state index contributed by atoms with van der Waals surface area (Å²) in [5.41, 5.74) is 4.06. The molecule has 2 N–H and O–H groups in total. The van der Waals surface area contributed by atoms with Crippen molar-refractivity contribution in [3.63, 3.8) is 0 Å². The molecule has 2 fully saturated rings. The fraction of sp³-hybridized carbons (Fsp3) is 0.269. The maximum absolute atomic E-state index is 13.2. The fourth-order valence-electron chi connectivity index (χ4n) is 4.17. The van der Waals surface area contributed by atoms with Gasteiger partial charge in [-0.2, -0.15) is 0 Å². The van der Waals surface area contributed by atoms with Gasteiger partial charge in [0.15, 0.2) is 0 Å². The average Bonchev–Trinajstić information content (AvgIpc) is 3.48. The molecule has 158 valence electrons. The molecule has 0 unspecified atom stereocenters. The Bertz CT molecular complexity index is 1130. The summed E-state index contributed by atoms with van der Waals surface area (Å²) in [6.07, 6.45) is 1.57. The van der Waals surface area contributed by atoms with Crippen LogP contribution >= 0.6 is 0 Å². The van der Waals surface area contributed by atoms with Crippen molar-refractivity contribution in [3.8, 4) is 11.1 Å². The number of aryl methyl sites for hydroxylation is 1. The van der Waals surface area contributed by atoms with E-state index in [2.05, 4.69) is 23.5 Å². The molecule has 4 nitrogen and oxygen atoms in total. The number of ether oxygens (including phenoxy) is 1. The summed E-state index contributed by atoms with van der Waals surface area (Å²) in [5, 5.41) is 13.6. The highest BCUT2D eigenvalue weighted by Crippen LogP contribution is 2.49. The minimum atomic E-state index is -0.766. The minimum absolute atomic E-state index is 0.165. The van der Waals surface area contributed by atoms with Crippen molar-refractivity contribution in [2.24, 2.45) is 0 Å². The maximum Gasteiger partial charge on any atom is 0.239 e. The third kappa shape index (κ3) is 3.54. The van der Waals surface area contributed by atoms with Crippen molar-refractivity contribution in [2.75, 3.05) is 18.5 Å². The number of hydrogen-bond acceptors (Lipinski definition) is 3. The van der Waals surface area contributed by atoms with Crippen LogP contribution in [0.3, 0.4) is 0 Å². The Morgan fingerprint density at radius 2 is 1.68 bits per heavy atom. The molecule has 3 aromatic rings. The maximum atomic E-state index is 13.2. The lowest BCUT2D eigenvalue weighted by Crippen LogP contribution is -2.55. The second-order valence-corrected chi connectivity index (χ2v) is 8.69. The summed E-state index contributed by atoms with van der Waals surface area (Å²) in [6, 6.07) is 19.8. The molecule has 31 heavy (non-hydrogen) atoms. The molecule has 1 saturated carbocycles. The largest absolute Gasteiger partial charge is 0.385 e. The van der Waals surface area contributed by atoms with Crippen molar-refractivity contribution in [1.29, 1.82) is 0 Å². The zero-order chi connectivity index (χ0) is 21.6. The van der Waals surface area contributed by atoms with Gasteiger partial charge in [0, 0.05) is 5.69 Å². The van der Waals surface area contributed by atoms with Crippen LogP contribution in [0.2, 0.25) is 0 Å². The number of benzene rings is 3. The zero-order valence-electron chi connectivity index (χ0n) is 17.3. The van der Waals surface area contributed by atoms with E-state index in [0.717, 1.165) is 40.7 Å². The van der Waals surface area contributed by atoms with E-state index in [9.17, 15) is 14.3 Å². The van der Waals surface area contributed by atoms with Gasteiger partial charge in [0.2, 0.25) is 5.91 Å². The highest BCUT2D eigenvalue weighted by molar-refractivity contribution is 6.00. The first-order valence-electron chi connectivity index (χ1n) is 10.5. The lowest BCUT2D eigenvalue weighted by Gasteiger charge is -2.40. The van der Waals surface area contributed by atoms with Crippen molar-refractivity contribution in [2.45, 2.75) is 30.8 Å². The standard InChI is InChI=1S/C26H24FNO3/c1-17-2-11-22(23(14-17)26(30)12-13-26)18-3-5-19(6-4-18)25(15-31-16-25)24(29)28-21-9-7-20(27)8-10-21/h2-11,14,30H,12-13,15-16H2,1H3,(H,28,29). The molecule has 0 atom stereocenters. The first-order chi connectivity index (χ1) is 14.9. The summed E-state index contributed by atoms with van der Waals surface area (Å²) in [4.78, 5) is 13.1. The molecule has 0 radical (unpaired) electrons. The Kier molecular flexibility index (Phi) is 4.68. The third-order valence-corrected chi connectivity index (χ3v) is 6.38. The molecule has 1 saturated heterocycles. The molecule has 3 aromatic carbocycles. The monoisotopic (exact) mass is 417 g/mol. The van der Waals surface area contributed by atoms with Gasteiger partial charge in [0.1, 0.15) is 11.2 Å². The van der Waals surface area contributed by atoms with E-state index in [-0.39, 0.29) is 11.7 Å². The van der Waals surface area contributed by atoms with Crippen LogP contribution in [-0.2, 0) is 20.5 Å². The van der Waals surface area contributed by atoms with Gasteiger partial charge in [-0.05, 0) is 66.3 Å². The summed E-state index contributed by atoms with van der Waals surface area (Å²) in [5.74, 6) is -0.511. The Labute approximate surface area is 180 Å². The predicted octanol–water partition coefficient (Wildman–Crippen LogP) is 4.69. The third-order valence-electron chi connectivity index (χ3n) is 6.38. The smallest absolute Gasteiger partial charge is 0.239 e. The van der Waals surface area contributed by atoms with Crippen molar-refractivity contribution in [3.05, 3.63) is 89.2 Å². The predicted molar refractivity (Wildman–Crippen MR) is 117 cm³/mol. The number of anilines is 1. The van der Waals surface area contributed by atoms with E-state index in [1.165, 1.54) is 12.1 Å². The van der Waals surface area contributed by atoms with Gasteiger partial charge in [0.25, 0.3) is 0 Å². The Hall–Kier alpha value is -3.02. The van der Waals surface area contributed by atoms with Gasteiger partial charge < -0.3 is 15.2 Å². The number of carbonyl (C=O) groups excluding carboxylic acids is 1. The minimum Gasteiger partial charge on any atom is -0.385 e. The van der Waals surface area contributed by atoms with Crippen LogP contribution in [-0.4, -0.2) is 24.2 Å². The molecule has 5 heteroatoms. The van der Waals surface area contributed by atoms with Crippen LogP contribution in [0.4, 0.5) is 10.1 Å². The SMILES string of the molecule is Cc1ccc(-c2ccc(C3(C(=O)Nc4ccc(F)cc4)COC3)cc2)c(C2(O)CC2)c1. The Morgan fingerprint density at radius 1 is 1.00 bits per heavy atom. The van der Waals surface area contributed by atoms with Crippen LogP contribution < -0.4 is 5.32 Å². The van der Waals surface area contributed by atoms with Gasteiger partial charge in [-0.1, -0.05) is 48.0 Å². The van der Waals surface area contributed by atoms with E-state index in [4.69, 9.17) is 4.74 Å². The summed E-state index contributed by atoms with van der Waals surface area (Å²) in [6.45, 7) is 2.63. The summed E-state index contributed by atoms with van der Waals surface area (Å²) >= 11 is 0. The normalized spacial score (nSPS) is 18.2. The topological polar surface area (TPSA) is 58.6 Å². The number of nitrogens with one attached hydrogen (secondary N) is 1. The van der Waals surface area contributed by atoms with Crippen molar-refractivity contribution >= 4 is 11.6 Å². The van der Waals surface area contributed by atoms with Crippen molar-refractivity contribution in [1.82, 2.24) is 0 Å². The lowest BCUT2D eigenvalue weighted by atomic mass is 9.77. The molecular weight excluding hydrogens is 393 g/mol. The second-order valence-electron chi connectivity index (χ2n) is 8.69. The van der Waals surface area contributed by atoms with Gasteiger partial charge in [0.05, 0.1) is 18.8 Å². The highest BCUT2D eigenvalue weighted by atomic mass is 19.1. The molecule has 1 aliphatic carbocycles. The summed E-state index contributed by atoms with van der Waals surface area (Å²) in [7, 11) is 0. The van der Waals surface area contributed by atoms with Crippen LogP contribution in [0.1, 0.15) is 29.5 Å². The van der Waals surface area contributed by atoms with Crippen LogP contribution in [0.25, 0.3) is 11.1 Å². The van der Waals surface area contributed by atoms with E-state index in [1.807, 2.05) is 31.2 Å². The van der Waals surface area contributed by atoms with Crippen molar-refractivity contribution < 1.29 is 19.0 Å². The number of amides is 1. The van der Waals surface area contributed by atoms with Crippen LogP contribution in [0.15, 0.2) is 66.7 Å². The first kappa shape index (κ1) is 19.9. The number of aliphatic hydroxyl groups is 1. The van der Waals surface area contributed by atoms with Gasteiger partial charge in [-0.25, -0.2) is 4.39 Å². The average molecular weight is 417 g/mol. The molecule has 1 amide bonds. The molecule has 1 aliphatic heterocycles. The number of halogens is 1. The van der Waals surface area contributed by atoms with E-state index >= 15 is 0 Å². The quantitative estimate of drug-likeness (QED) is 0.633. The number of carbonyl (C=O) groups is 1. The molecule has 2 aliphatic rings. The molecule has 0 spiro atoms. The molecule has 0 bridgehead atoms. The summed E-state index contributed by atoms with van der Waals surface area (Å²) < 4.78 is 18.6. The number of hydrogen-bond donors (Lipinski definition) is 2. The lowest BCUT2D eigenvalue weighted by molar-refractivity contribution is -0.139. The zero-order valence-corrected chi connectivity index (χ0v) is 17.3. The van der Waals surface area contributed by atoms with Gasteiger partial charge >= 0.3 is 0 Å².